The number of piperazine rings is 1. The lowest BCUT2D eigenvalue weighted by Crippen LogP contribution is -2.52. The molecule has 0 saturated carbocycles. The molecule has 2 aromatic heterocycles. The van der Waals surface area contributed by atoms with E-state index in [1.54, 1.807) is 22.8 Å². The zero-order valence-corrected chi connectivity index (χ0v) is 15.1. The van der Waals surface area contributed by atoms with E-state index in [0.29, 0.717) is 24.3 Å². The molecule has 0 spiro atoms. The number of benzene rings is 1. The molecule has 1 N–H and O–H groups in total. The number of nitrogens with one attached hydrogen (secondary N) is 1. The van der Waals surface area contributed by atoms with Crippen LogP contribution in [0.5, 0.6) is 0 Å². The molecular formula is C18H14FN3O2S2. The molecule has 0 aliphatic carbocycles. The molecule has 1 aliphatic heterocycles. The first kappa shape index (κ1) is 16.9. The summed E-state index contributed by atoms with van der Waals surface area (Å²) in [6.07, 6.45) is 0. The number of carbonyl (C=O) groups excluding carboxylic acids is 2. The van der Waals surface area contributed by atoms with Gasteiger partial charge < -0.3 is 10.2 Å². The van der Waals surface area contributed by atoms with Gasteiger partial charge in [0.2, 0.25) is 5.91 Å². The first-order valence-corrected chi connectivity index (χ1v) is 9.73. The Labute approximate surface area is 157 Å². The van der Waals surface area contributed by atoms with E-state index in [2.05, 4.69) is 10.3 Å². The predicted molar refractivity (Wildman–Crippen MR) is 98.6 cm³/mol. The van der Waals surface area contributed by atoms with Crippen molar-refractivity contribution in [2.24, 2.45) is 0 Å². The Bertz CT molecular complexity index is 955. The molecule has 4 rings (SSSR count). The summed E-state index contributed by atoms with van der Waals surface area (Å²) in [4.78, 5) is 32.3. The molecule has 26 heavy (non-hydrogen) atoms. The minimum Gasteiger partial charge on any atom is -0.352 e. The largest absolute Gasteiger partial charge is 0.352 e. The molecule has 1 atom stereocenters. The van der Waals surface area contributed by atoms with E-state index < -0.39 is 11.9 Å². The number of nitrogens with zero attached hydrogens (tertiary/aromatic N) is 2. The van der Waals surface area contributed by atoms with Gasteiger partial charge in [0.05, 0.1) is 4.88 Å². The quantitative estimate of drug-likeness (QED) is 0.750. The fourth-order valence-electron chi connectivity index (χ4n) is 2.93. The van der Waals surface area contributed by atoms with Crippen LogP contribution in [-0.4, -0.2) is 34.8 Å². The summed E-state index contributed by atoms with van der Waals surface area (Å²) in [5.74, 6) is -1.08. The number of thiazole rings is 1. The molecule has 1 saturated heterocycles. The standard InChI is InChI=1S/C18H14FN3O2S2/c19-12-4-1-3-11(9-12)15-16(23)20-6-7-22(15)18(24)13-10-26-17(21-13)14-5-2-8-25-14/h1-5,8-10,15H,6-7H2,(H,20,23). The molecule has 3 aromatic rings. The van der Waals surface area contributed by atoms with Crippen LogP contribution >= 0.6 is 22.7 Å². The molecule has 5 nitrogen and oxygen atoms in total. The van der Waals surface area contributed by atoms with Crippen molar-refractivity contribution in [3.63, 3.8) is 0 Å². The van der Waals surface area contributed by atoms with E-state index in [9.17, 15) is 14.0 Å². The van der Waals surface area contributed by atoms with Gasteiger partial charge in [0.15, 0.2) is 0 Å². The zero-order valence-electron chi connectivity index (χ0n) is 13.5. The zero-order chi connectivity index (χ0) is 18.1. The number of hydrogen-bond acceptors (Lipinski definition) is 5. The van der Waals surface area contributed by atoms with E-state index in [1.165, 1.54) is 34.4 Å². The lowest BCUT2D eigenvalue weighted by atomic mass is 10.0. The third-order valence-electron chi connectivity index (χ3n) is 4.09. The van der Waals surface area contributed by atoms with Crippen LogP contribution in [0.3, 0.4) is 0 Å². The minimum atomic E-state index is -0.862. The number of thiophene rings is 1. The van der Waals surface area contributed by atoms with Crippen LogP contribution in [0, 0.1) is 5.82 Å². The molecular weight excluding hydrogens is 373 g/mol. The van der Waals surface area contributed by atoms with Crippen LogP contribution in [0.2, 0.25) is 0 Å². The maximum atomic E-state index is 13.6. The molecule has 2 amide bonds. The smallest absolute Gasteiger partial charge is 0.274 e. The summed E-state index contributed by atoms with van der Waals surface area (Å²) in [6, 6.07) is 8.79. The van der Waals surface area contributed by atoms with Gasteiger partial charge >= 0.3 is 0 Å². The maximum absolute atomic E-state index is 13.6. The Hall–Kier alpha value is -2.58. The predicted octanol–water partition coefficient (Wildman–Crippen LogP) is 3.32. The first-order chi connectivity index (χ1) is 12.6. The monoisotopic (exact) mass is 387 g/mol. The van der Waals surface area contributed by atoms with Crippen LogP contribution in [0.15, 0.2) is 47.2 Å². The lowest BCUT2D eigenvalue weighted by Gasteiger charge is -2.34. The topological polar surface area (TPSA) is 62.3 Å². The molecule has 132 valence electrons. The van der Waals surface area contributed by atoms with Crippen LogP contribution in [0.25, 0.3) is 9.88 Å². The van der Waals surface area contributed by atoms with Crippen molar-refractivity contribution >= 4 is 34.5 Å². The van der Waals surface area contributed by atoms with Gasteiger partial charge in [-0.15, -0.1) is 22.7 Å². The number of amides is 2. The number of rotatable bonds is 3. The van der Waals surface area contributed by atoms with Crippen LogP contribution in [0.4, 0.5) is 4.39 Å². The Kier molecular flexibility index (Phi) is 4.52. The molecule has 1 aliphatic rings. The van der Waals surface area contributed by atoms with Gasteiger partial charge in [-0.3, -0.25) is 9.59 Å². The summed E-state index contributed by atoms with van der Waals surface area (Å²) in [7, 11) is 0. The van der Waals surface area contributed by atoms with Gasteiger partial charge in [0.1, 0.15) is 22.6 Å². The number of hydrogen-bond donors (Lipinski definition) is 1. The number of carbonyl (C=O) groups is 2. The highest BCUT2D eigenvalue weighted by Crippen LogP contribution is 2.30. The van der Waals surface area contributed by atoms with Crippen molar-refractivity contribution < 1.29 is 14.0 Å². The fourth-order valence-corrected chi connectivity index (χ4v) is 4.53. The molecule has 1 aromatic carbocycles. The third-order valence-corrected chi connectivity index (χ3v) is 5.97. The average Bonchev–Trinajstić information content (AvgIpc) is 3.32. The first-order valence-electron chi connectivity index (χ1n) is 7.97. The number of halogens is 1. The van der Waals surface area contributed by atoms with Gasteiger partial charge in [-0.2, -0.15) is 0 Å². The highest BCUT2D eigenvalue weighted by atomic mass is 32.1. The van der Waals surface area contributed by atoms with E-state index in [4.69, 9.17) is 0 Å². The lowest BCUT2D eigenvalue weighted by molar-refractivity contribution is -0.128. The van der Waals surface area contributed by atoms with E-state index in [1.807, 2.05) is 17.5 Å². The van der Waals surface area contributed by atoms with Crippen molar-refractivity contribution in [3.05, 3.63) is 64.2 Å². The van der Waals surface area contributed by atoms with Gasteiger partial charge in [0.25, 0.3) is 5.91 Å². The van der Waals surface area contributed by atoms with Crippen molar-refractivity contribution in [2.75, 3.05) is 13.1 Å². The summed E-state index contributed by atoms with van der Waals surface area (Å²) in [6.45, 7) is 0.704. The van der Waals surface area contributed by atoms with Crippen molar-refractivity contribution in [3.8, 4) is 9.88 Å². The minimum absolute atomic E-state index is 0.300. The second-order valence-electron chi connectivity index (χ2n) is 5.76. The van der Waals surface area contributed by atoms with E-state index in [-0.39, 0.29) is 11.8 Å². The Morgan fingerprint density at radius 1 is 1.27 bits per heavy atom. The number of aromatic nitrogens is 1. The van der Waals surface area contributed by atoms with E-state index in [0.717, 1.165) is 9.88 Å². The van der Waals surface area contributed by atoms with E-state index >= 15 is 0 Å². The van der Waals surface area contributed by atoms with Gasteiger partial charge in [0, 0.05) is 18.5 Å². The van der Waals surface area contributed by atoms with Crippen LogP contribution in [0.1, 0.15) is 22.1 Å². The van der Waals surface area contributed by atoms with Crippen LogP contribution in [-0.2, 0) is 4.79 Å². The summed E-state index contributed by atoms with van der Waals surface area (Å²) >= 11 is 2.94. The summed E-state index contributed by atoms with van der Waals surface area (Å²) in [5, 5.41) is 7.17. The summed E-state index contributed by atoms with van der Waals surface area (Å²) in [5.41, 5.74) is 0.749. The van der Waals surface area contributed by atoms with Gasteiger partial charge in [-0.1, -0.05) is 18.2 Å². The second-order valence-corrected chi connectivity index (χ2v) is 7.57. The van der Waals surface area contributed by atoms with Crippen molar-refractivity contribution in [1.82, 2.24) is 15.2 Å². The average molecular weight is 387 g/mol. The molecule has 1 fully saturated rings. The molecule has 0 bridgehead atoms. The van der Waals surface area contributed by atoms with Crippen LogP contribution < -0.4 is 5.32 Å². The Morgan fingerprint density at radius 3 is 2.92 bits per heavy atom. The fraction of sp³-hybridized carbons (Fsp3) is 0.167. The Balaban J connectivity index is 1.66. The molecule has 1 unspecified atom stereocenters. The Morgan fingerprint density at radius 2 is 2.15 bits per heavy atom. The van der Waals surface area contributed by atoms with Gasteiger partial charge in [-0.05, 0) is 29.1 Å². The van der Waals surface area contributed by atoms with Crippen molar-refractivity contribution in [1.29, 1.82) is 0 Å². The maximum Gasteiger partial charge on any atom is 0.274 e. The van der Waals surface area contributed by atoms with Gasteiger partial charge in [-0.25, -0.2) is 9.37 Å². The van der Waals surface area contributed by atoms with Crippen molar-refractivity contribution in [2.45, 2.75) is 6.04 Å². The molecule has 3 heterocycles. The highest BCUT2D eigenvalue weighted by Gasteiger charge is 2.35. The summed E-state index contributed by atoms with van der Waals surface area (Å²) < 4.78 is 13.6. The third kappa shape index (κ3) is 3.13. The SMILES string of the molecule is O=C1NCCN(C(=O)c2csc(-c3cccs3)n2)C1c1cccc(F)c1. The normalized spacial score (nSPS) is 17.2. The second kappa shape index (κ2) is 6.97. The molecule has 8 heteroatoms. The highest BCUT2D eigenvalue weighted by molar-refractivity contribution is 7.20. The molecule has 0 radical (unpaired) electrons.